The Kier molecular flexibility index (Phi) is 5.25. The Hall–Kier alpha value is -0.980. The Morgan fingerprint density at radius 3 is 2.72 bits per heavy atom. The molecule has 2 N–H and O–H groups in total. The standard InChI is InChI=1S/C12H21N3O2S/c1-4-10(2)9-15(3)18(16,17)12-6-5-7-14-11(12)8-13/h5-7,10H,4,8-9,13H2,1-3H3. The molecule has 0 amide bonds. The first-order chi connectivity index (χ1) is 8.43. The molecule has 0 aromatic carbocycles. The maximum atomic E-state index is 12.4. The highest BCUT2D eigenvalue weighted by atomic mass is 32.2. The molecule has 1 aromatic rings. The molecule has 18 heavy (non-hydrogen) atoms. The number of hydrogen-bond donors (Lipinski definition) is 1. The summed E-state index contributed by atoms with van der Waals surface area (Å²) in [6, 6.07) is 3.17. The highest BCUT2D eigenvalue weighted by Gasteiger charge is 2.24. The van der Waals surface area contributed by atoms with Crippen molar-refractivity contribution in [3.63, 3.8) is 0 Å². The van der Waals surface area contributed by atoms with E-state index in [2.05, 4.69) is 4.98 Å². The molecule has 6 heteroatoms. The third-order valence-corrected chi connectivity index (χ3v) is 4.89. The average Bonchev–Trinajstić information content (AvgIpc) is 2.38. The Morgan fingerprint density at radius 2 is 2.17 bits per heavy atom. The second kappa shape index (κ2) is 6.26. The third-order valence-electron chi connectivity index (χ3n) is 3.00. The number of pyridine rings is 1. The van der Waals surface area contributed by atoms with Crippen LogP contribution in [0.3, 0.4) is 0 Å². The van der Waals surface area contributed by atoms with Crippen LogP contribution in [-0.2, 0) is 16.6 Å². The second-order valence-electron chi connectivity index (χ2n) is 4.45. The number of nitrogens with zero attached hydrogens (tertiary/aromatic N) is 2. The molecule has 1 unspecified atom stereocenters. The van der Waals surface area contributed by atoms with Crippen molar-refractivity contribution in [3.05, 3.63) is 24.0 Å². The van der Waals surface area contributed by atoms with Gasteiger partial charge in [-0.25, -0.2) is 12.7 Å². The van der Waals surface area contributed by atoms with Crippen molar-refractivity contribution in [1.29, 1.82) is 0 Å². The second-order valence-corrected chi connectivity index (χ2v) is 6.46. The van der Waals surface area contributed by atoms with Gasteiger partial charge in [-0.05, 0) is 18.1 Å². The van der Waals surface area contributed by atoms with Gasteiger partial charge in [0.1, 0.15) is 4.90 Å². The molecule has 1 heterocycles. The summed E-state index contributed by atoms with van der Waals surface area (Å²) in [6.07, 6.45) is 2.49. The molecule has 0 bridgehead atoms. The molecular formula is C12H21N3O2S. The number of aromatic nitrogens is 1. The Labute approximate surface area is 109 Å². The van der Waals surface area contributed by atoms with E-state index in [0.29, 0.717) is 18.2 Å². The fourth-order valence-electron chi connectivity index (χ4n) is 1.65. The minimum Gasteiger partial charge on any atom is -0.325 e. The molecule has 0 saturated heterocycles. The van der Waals surface area contributed by atoms with Crippen LogP contribution in [-0.4, -0.2) is 31.3 Å². The molecule has 1 aromatic heterocycles. The van der Waals surface area contributed by atoms with Crippen LogP contribution in [0, 0.1) is 5.92 Å². The maximum Gasteiger partial charge on any atom is 0.244 e. The summed E-state index contributed by atoms with van der Waals surface area (Å²) < 4.78 is 26.2. The lowest BCUT2D eigenvalue weighted by Crippen LogP contribution is -2.32. The van der Waals surface area contributed by atoms with E-state index in [1.807, 2.05) is 13.8 Å². The number of rotatable bonds is 6. The molecule has 102 valence electrons. The van der Waals surface area contributed by atoms with Gasteiger partial charge in [-0.3, -0.25) is 4.98 Å². The lowest BCUT2D eigenvalue weighted by molar-refractivity contribution is 0.393. The van der Waals surface area contributed by atoms with Gasteiger partial charge in [0.2, 0.25) is 10.0 Å². The number of sulfonamides is 1. The monoisotopic (exact) mass is 271 g/mol. The van der Waals surface area contributed by atoms with Crippen LogP contribution in [0.25, 0.3) is 0 Å². The molecular weight excluding hydrogens is 250 g/mol. The van der Waals surface area contributed by atoms with Crippen LogP contribution in [0.4, 0.5) is 0 Å². The SMILES string of the molecule is CCC(C)CN(C)S(=O)(=O)c1cccnc1CN. The first-order valence-electron chi connectivity index (χ1n) is 6.03. The Morgan fingerprint density at radius 1 is 1.50 bits per heavy atom. The quantitative estimate of drug-likeness (QED) is 0.843. The molecule has 0 aliphatic heterocycles. The van der Waals surface area contributed by atoms with E-state index in [1.54, 1.807) is 25.4 Å². The summed E-state index contributed by atoms with van der Waals surface area (Å²) in [4.78, 5) is 4.22. The molecule has 1 rings (SSSR count). The van der Waals surface area contributed by atoms with Gasteiger partial charge in [-0.2, -0.15) is 0 Å². The van der Waals surface area contributed by atoms with Gasteiger partial charge in [-0.15, -0.1) is 0 Å². The van der Waals surface area contributed by atoms with Crippen LogP contribution in [0.5, 0.6) is 0 Å². The van der Waals surface area contributed by atoms with Gasteiger partial charge < -0.3 is 5.73 Å². The lowest BCUT2D eigenvalue weighted by atomic mass is 10.1. The van der Waals surface area contributed by atoms with E-state index in [0.717, 1.165) is 6.42 Å². The van der Waals surface area contributed by atoms with E-state index < -0.39 is 10.0 Å². The molecule has 1 atom stereocenters. The lowest BCUT2D eigenvalue weighted by Gasteiger charge is -2.21. The van der Waals surface area contributed by atoms with E-state index in [4.69, 9.17) is 5.73 Å². The highest BCUT2D eigenvalue weighted by Crippen LogP contribution is 2.18. The van der Waals surface area contributed by atoms with Crippen molar-refractivity contribution in [2.75, 3.05) is 13.6 Å². The topological polar surface area (TPSA) is 76.3 Å². The fraction of sp³-hybridized carbons (Fsp3) is 0.583. The molecule has 0 spiro atoms. The maximum absolute atomic E-state index is 12.4. The predicted octanol–water partition coefficient (Wildman–Crippen LogP) is 1.21. The summed E-state index contributed by atoms with van der Waals surface area (Å²) in [6.45, 7) is 4.68. The van der Waals surface area contributed by atoms with Crippen molar-refractivity contribution < 1.29 is 8.42 Å². The zero-order valence-corrected chi connectivity index (χ0v) is 11.9. The Bertz CT molecular complexity index is 488. The van der Waals surface area contributed by atoms with E-state index in [1.165, 1.54) is 4.31 Å². The Balaban J connectivity index is 3.05. The summed E-state index contributed by atoms with van der Waals surface area (Å²) in [5, 5.41) is 0. The molecule has 0 radical (unpaired) electrons. The van der Waals surface area contributed by atoms with Crippen molar-refractivity contribution in [2.24, 2.45) is 11.7 Å². The first-order valence-corrected chi connectivity index (χ1v) is 7.47. The third kappa shape index (κ3) is 3.28. The number of nitrogens with two attached hydrogens (primary N) is 1. The smallest absolute Gasteiger partial charge is 0.244 e. The van der Waals surface area contributed by atoms with Crippen LogP contribution in [0.1, 0.15) is 26.0 Å². The van der Waals surface area contributed by atoms with Crippen LogP contribution < -0.4 is 5.73 Å². The van der Waals surface area contributed by atoms with Crippen molar-refractivity contribution in [2.45, 2.75) is 31.7 Å². The minimum atomic E-state index is -3.50. The summed E-state index contributed by atoms with van der Waals surface area (Å²) >= 11 is 0. The van der Waals surface area contributed by atoms with E-state index in [9.17, 15) is 8.42 Å². The zero-order valence-electron chi connectivity index (χ0n) is 11.1. The normalized spacial score (nSPS) is 13.8. The molecule has 0 aliphatic carbocycles. The highest BCUT2D eigenvalue weighted by molar-refractivity contribution is 7.89. The van der Waals surface area contributed by atoms with Crippen molar-refractivity contribution in [1.82, 2.24) is 9.29 Å². The average molecular weight is 271 g/mol. The molecule has 5 nitrogen and oxygen atoms in total. The number of hydrogen-bond acceptors (Lipinski definition) is 4. The van der Waals surface area contributed by atoms with Gasteiger partial charge in [0.15, 0.2) is 0 Å². The minimum absolute atomic E-state index is 0.118. The van der Waals surface area contributed by atoms with E-state index in [-0.39, 0.29) is 11.4 Å². The fourth-order valence-corrected chi connectivity index (χ4v) is 3.12. The van der Waals surface area contributed by atoms with Gasteiger partial charge in [0, 0.05) is 26.3 Å². The molecule has 0 aliphatic rings. The largest absolute Gasteiger partial charge is 0.325 e. The van der Waals surface area contributed by atoms with Crippen LogP contribution >= 0.6 is 0 Å². The van der Waals surface area contributed by atoms with Gasteiger partial charge >= 0.3 is 0 Å². The van der Waals surface area contributed by atoms with Crippen LogP contribution in [0.15, 0.2) is 23.2 Å². The van der Waals surface area contributed by atoms with Crippen LogP contribution in [0.2, 0.25) is 0 Å². The predicted molar refractivity (Wildman–Crippen MR) is 71.4 cm³/mol. The van der Waals surface area contributed by atoms with Gasteiger partial charge in [0.05, 0.1) is 5.69 Å². The van der Waals surface area contributed by atoms with E-state index >= 15 is 0 Å². The first kappa shape index (κ1) is 15.1. The summed E-state index contributed by atoms with van der Waals surface area (Å²) in [5.74, 6) is 0.322. The molecule has 0 saturated carbocycles. The summed E-state index contributed by atoms with van der Waals surface area (Å²) in [7, 11) is -1.90. The van der Waals surface area contributed by atoms with Crippen molar-refractivity contribution in [3.8, 4) is 0 Å². The van der Waals surface area contributed by atoms with Gasteiger partial charge in [-0.1, -0.05) is 20.3 Å². The zero-order chi connectivity index (χ0) is 13.8. The van der Waals surface area contributed by atoms with Gasteiger partial charge in [0.25, 0.3) is 0 Å². The molecule has 0 fully saturated rings. The summed E-state index contributed by atoms with van der Waals surface area (Å²) in [5.41, 5.74) is 5.94. The van der Waals surface area contributed by atoms with Crippen molar-refractivity contribution >= 4 is 10.0 Å².